The zero-order valence-corrected chi connectivity index (χ0v) is 9.31. The van der Waals surface area contributed by atoms with E-state index in [2.05, 4.69) is 18.2 Å². The predicted molar refractivity (Wildman–Crippen MR) is 68.6 cm³/mol. The van der Waals surface area contributed by atoms with Crippen LogP contribution in [0.1, 0.15) is 5.56 Å². The van der Waals surface area contributed by atoms with Gasteiger partial charge in [0.1, 0.15) is 5.75 Å². The van der Waals surface area contributed by atoms with Crippen molar-refractivity contribution >= 4 is 16.8 Å². The molecule has 2 aromatic carbocycles. The van der Waals surface area contributed by atoms with Crippen LogP contribution in [0.5, 0.6) is 5.75 Å². The summed E-state index contributed by atoms with van der Waals surface area (Å²) in [5, 5.41) is 2.39. The van der Waals surface area contributed by atoms with Crippen LogP contribution in [0.2, 0.25) is 0 Å². The van der Waals surface area contributed by atoms with Crippen molar-refractivity contribution in [2.45, 2.75) is 0 Å². The van der Waals surface area contributed by atoms with Crippen LogP contribution in [0, 0.1) is 0 Å². The zero-order chi connectivity index (χ0) is 11.4. The Bertz CT molecular complexity index is 517. The number of hydrogen-bond donors (Lipinski definition) is 1. The number of benzene rings is 2. The highest BCUT2D eigenvalue weighted by Gasteiger charge is 2.04. The molecule has 2 N–H and O–H groups in total. The molecule has 0 spiro atoms. The van der Waals surface area contributed by atoms with Crippen LogP contribution in [0.25, 0.3) is 16.8 Å². The second-order valence-electron chi connectivity index (χ2n) is 3.54. The molecule has 2 rings (SSSR count). The van der Waals surface area contributed by atoms with Crippen LogP contribution < -0.4 is 10.5 Å². The summed E-state index contributed by atoms with van der Waals surface area (Å²) in [5.41, 5.74) is 6.57. The molecule has 2 aromatic rings. The first-order chi connectivity index (χ1) is 7.86. The molecular formula is C14H15NO. The molecule has 0 fully saturated rings. The number of methoxy groups -OCH3 is 1. The molecule has 0 unspecified atom stereocenters. The van der Waals surface area contributed by atoms with Crippen LogP contribution in [-0.2, 0) is 0 Å². The van der Waals surface area contributed by atoms with Crippen molar-refractivity contribution in [1.29, 1.82) is 0 Å². The van der Waals surface area contributed by atoms with Gasteiger partial charge in [-0.3, -0.25) is 0 Å². The Kier molecular flexibility index (Phi) is 3.22. The molecule has 0 saturated carbocycles. The fourth-order valence-electron chi connectivity index (χ4n) is 1.81. The number of nitrogens with two attached hydrogens (primary N) is 1. The fourth-order valence-corrected chi connectivity index (χ4v) is 1.81. The van der Waals surface area contributed by atoms with Crippen molar-refractivity contribution in [3.63, 3.8) is 0 Å². The molecule has 0 bridgehead atoms. The molecule has 16 heavy (non-hydrogen) atoms. The quantitative estimate of drug-likeness (QED) is 0.850. The number of fused-ring (bicyclic) bond motifs is 1. The standard InChI is InChI=1S/C14H15NO/c1-16-14-9-8-11-5-2-3-6-12(11)13(14)7-4-10-15/h2-9H,10,15H2,1H3/b7-4+. The van der Waals surface area contributed by atoms with Crippen molar-refractivity contribution in [3.05, 3.63) is 48.0 Å². The molecule has 0 aliphatic carbocycles. The molecule has 0 aliphatic rings. The van der Waals surface area contributed by atoms with Gasteiger partial charge in [-0.2, -0.15) is 0 Å². The van der Waals surface area contributed by atoms with Gasteiger partial charge in [0, 0.05) is 12.1 Å². The second kappa shape index (κ2) is 4.81. The first kappa shape index (κ1) is 10.7. The van der Waals surface area contributed by atoms with E-state index in [-0.39, 0.29) is 0 Å². The van der Waals surface area contributed by atoms with E-state index < -0.39 is 0 Å². The minimum Gasteiger partial charge on any atom is -0.496 e. The summed E-state index contributed by atoms with van der Waals surface area (Å²) in [6.07, 6.45) is 3.95. The van der Waals surface area contributed by atoms with Crippen molar-refractivity contribution in [2.24, 2.45) is 5.73 Å². The first-order valence-corrected chi connectivity index (χ1v) is 5.29. The highest BCUT2D eigenvalue weighted by atomic mass is 16.5. The van der Waals surface area contributed by atoms with Crippen LogP contribution in [0.3, 0.4) is 0 Å². The number of ether oxygens (including phenoxy) is 1. The first-order valence-electron chi connectivity index (χ1n) is 5.29. The predicted octanol–water partition coefficient (Wildman–Crippen LogP) is 2.82. The lowest BCUT2D eigenvalue weighted by molar-refractivity contribution is 0.414. The molecule has 0 radical (unpaired) electrons. The smallest absolute Gasteiger partial charge is 0.126 e. The van der Waals surface area contributed by atoms with E-state index in [4.69, 9.17) is 10.5 Å². The summed E-state index contributed by atoms with van der Waals surface area (Å²) >= 11 is 0. The lowest BCUT2D eigenvalue weighted by atomic mass is 10.0. The molecular weight excluding hydrogens is 198 g/mol. The molecule has 2 heteroatoms. The van der Waals surface area contributed by atoms with Gasteiger partial charge in [-0.1, -0.05) is 42.5 Å². The summed E-state index contributed by atoms with van der Waals surface area (Å²) in [6, 6.07) is 12.3. The Labute approximate surface area is 95.3 Å². The van der Waals surface area contributed by atoms with Gasteiger partial charge in [0.05, 0.1) is 7.11 Å². The average Bonchev–Trinajstić information content (AvgIpc) is 2.35. The largest absolute Gasteiger partial charge is 0.496 e. The van der Waals surface area contributed by atoms with Crippen LogP contribution >= 0.6 is 0 Å². The number of rotatable bonds is 3. The van der Waals surface area contributed by atoms with Crippen molar-refractivity contribution in [1.82, 2.24) is 0 Å². The third kappa shape index (κ3) is 1.92. The topological polar surface area (TPSA) is 35.2 Å². The van der Waals surface area contributed by atoms with Gasteiger partial charge in [0.2, 0.25) is 0 Å². The lowest BCUT2D eigenvalue weighted by Crippen LogP contribution is -1.93. The van der Waals surface area contributed by atoms with E-state index >= 15 is 0 Å². The maximum Gasteiger partial charge on any atom is 0.126 e. The SMILES string of the molecule is COc1ccc2ccccc2c1/C=C/CN. The summed E-state index contributed by atoms with van der Waals surface area (Å²) < 4.78 is 5.36. The highest BCUT2D eigenvalue weighted by molar-refractivity contribution is 5.93. The van der Waals surface area contributed by atoms with E-state index in [0.717, 1.165) is 11.3 Å². The van der Waals surface area contributed by atoms with Gasteiger partial charge in [0.25, 0.3) is 0 Å². The molecule has 0 atom stereocenters. The van der Waals surface area contributed by atoms with E-state index in [1.165, 1.54) is 10.8 Å². The van der Waals surface area contributed by atoms with Crippen LogP contribution in [0.4, 0.5) is 0 Å². The fraction of sp³-hybridized carbons (Fsp3) is 0.143. The third-order valence-electron chi connectivity index (χ3n) is 2.57. The minimum atomic E-state index is 0.534. The molecule has 82 valence electrons. The van der Waals surface area contributed by atoms with Crippen molar-refractivity contribution in [2.75, 3.05) is 13.7 Å². The Hall–Kier alpha value is -1.80. The average molecular weight is 213 g/mol. The van der Waals surface area contributed by atoms with Gasteiger partial charge in [0.15, 0.2) is 0 Å². The highest BCUT2D eigenvalue weighted by Crippen LogP contribution is 2.28. The second-order valence-corrected chi connectivity index (χ2v) is 3.54. The summed E-state index contributed by atoms with van der Waals surface area (Å²) in [6.45, 7) is 0.534. The van der Waals surface area contributed by atoms with E-state index in [9.17, 15) is 0 Å². The zero-order valence-electron chi connectivity index (χ0n) is 9.31. The third-order valence-corrected chi connectivity index (χ3v) is 2.57. The molecule has 0 heterocycles. The molecule has 0 saturated heterocycles. The Morgan fingerprint density at radius 1 is 1.19 bits per heavy atom. The summed E-state index contributed by atoms with van der Waals surface area (Å²) in [7, 11) is 1.68. The van der Waals surface area contributed by atoms with Crippen LogP contribution in [-0.4, -0.2) is 13.7 Å². The summed E-state index contributed by atoms with van der Waals surface area (Å²) in [4.78, 5) is 0. The minimum absolute atomic E-state index is 0.534. The van der Waals surface area contributed by atoms with Gasteiger partial charge < -0.3 is 10.5 Å². The van der Waals surface area contributed by atoms with E-state index in [1.807, 2.05) is 30.4 Å². The van der Waals surface area contributed by atoms with Crippen molar-refractivity contribution in [3.8, 4) is 5.75 Å². The Morgan fingerprint density at radius 3 is 2.75 bits per heavy atom. The van der Waals surface area contributed by atoms with Gasteiger partial charge in [-0.15, -0.1) is 0 Å². The van der Waals surface area contributed by atoms with Gasteiger partial charge in [-0.05, 0) is 16.8 Å². The monoisotopic (exact) mass is 213 g/mol. The van der Waals surface area contributed by atoms with Crippen LogP contribution in [0.15, 0.2) is 42.5 Å². The normalized spacial score (nSPS) is 11.1. The van der Waals surface area contributed by atoms with Gasteiger partial charge in [-0.25, -0.2) is 0 Å². The molecule has 2 nitrogen and oxygen atoms in total. The Balaban J connectivity index is 2.68. The van der Waals surface area contributed by atoms with Gasteiger partial charge >= 0.3 is 0 Å². The van der Waals surface area contributed by atoms with Crippen molar-refractivity contribution < 1.29 is 4.74 Å². The Morgan fingerprint density at radius 2 is 2.00 bits per heavy atom. The molecule has 0 amide bonds. The van der Waals surface area contributed by atoms with E-state index in [0.29, 0.717) is 6.54 Å². The van der Waals surface area contributed by atoms with E-state index in [1.54, 1.807) is 7.11 Å². The summed E-state index contributed by atoms with van der Waals surface area (Å²) in [5.74, 6) is 0.878. The molecule has 0 aliphatic heterocycles. The maximum atomic E-state index is 5.48. The maximum absolute atomic E-state index is 5.48. The lowest BCUT2D eigenvalue weighted by Gasteiger charge is -2.08. The molecule has 0 aromatic heterocycles. The number of hydrogen-bond acceptors (Lipinski definition) is 2.